The van der Waals surface area contributed by atoms with Crippen LogP contribution in [0.1, 0.15) is 15.9 Å². The fraction of sp³-hybridized carbons (Fsp3) is 0.214. The van der Waals surface area contributed by atoms with Crippen molar-refractivity contribution in [1.29, 1.82) is 0 Å². The Bertz CT molecular complexity index is 690. The predicted molar refractivity (Wildman–Crippen MR) is 78.6 cm³/mol. The molecule has 2 aromatic heterocycles. The van der Waals surface area contributed by atoms with Gasteiger partial charge in [-0.1, -0.05) is 6.07 Å². The van der Waals surface area contributed by atoms with Crippen molar-refractivity contribution >= 4 is 17.5 Å². The summed E-state index contributed by atoms with van der Waals surface area (Å²) in [6.45, 7) is 0.402. The second kappa shape index (κ2) is 6.61. The molecule has 0 amide bonds. The van der Waals surface area contributed by atoms with E-state index >= 15 is 0 Å². The normalized spacial score (nSPS) is 10.1. The van der Waals surface area contributed by atoms with Gasteiger partial charge in [-0.3, -0.25) is 15.1 Å². The maximum Gasteiger partial charge on any atom is 0.339 e. The standard InChI is InChI=1S/C14H14N4O4/c1-17(9-10-4-3-5-15-7-10)13-12(18(20)21)6-11(8-16-13)14(19)22-2/h3-8H,9H2,1-2H3. The van der Waals surface area contributed by atoms with Gasteiger partial charge in [0.1, 0.15) is 0 Å². The maximum absolute atomic E-state index is 11.5. The van der Waals surface area contributed by atoms with E-state index in [2.05, 4.69) is 14.7 Å². The molecule has 0 aliphatic heterocycles. The second-order valence-electron chi connectivity index (χ2n) is 4.53. The monoisotopic (exact) mass is 302 g/mol. The third-order valence-corrected chi connectivity index (χ3v) is 2.97. The summed E-state index contributed by atoms with van der Waals surface area (Å²) in [6, 6.07) is 4.80. The van der Waals surface area contributed by atoms with Crippen molar-refractivity contribution in [3.8, 4) is 0 Å². The molecule has 2 heterocycles. The van der Waals surface area contributed by atoms with Gasteiger partial charge in [0.2, 0.25) is 5.82 Å². The van der Waals surface area contributed by atoms with Crippen LogP contribution in [0, 0.1) is 10.1 Å². The van der Waals surface area contributed by atoms with Gasteiger partial charge in [-0.25, -0.2) is 9.78 Å². The minimum Gasteiger partial charge on any atom is -0.465 e. The summed E-state index contributed by atoms with van der Waals surface area (Å²) < 4.78 is 4.54. The number of ether oxygens (including phenoxy) is 1. The number of carbonyl (C=O) groups excluding carboxylic acids is 1. The predicted octanol–water partition coefficient (Wildman–Crippen LogP) is 1.81. The smallest absolute Gasteiger partial charge is 0.339 e. The van der Waals surface area contributed by atoms with Crippen LogP contribution in [0.4, 0.5) is 11.5 Å². The Morgan fingerprint density at radius 3 is 2.82 bits per heavy atom. The molecule has 0 atom stereocenters. The molecule has 0 unspecified atom stereocenters. The van der Waals surface area contributed by atoms with Crippen LogP contribution in [-0.4, -0.2) is 35.0 Å². The first-order chi connectivity index (χ1) is 10.5. The lowest BCUT2D eigenvalue weighted by atomic mass is 10.2. The van der Waals surface area contributed by atoms with Gasteiger partial charge in [0.05, 0.1) is 17.6 Å². The zero-order valence-corrected chi connectivity index (χ0v) is 12.1. The molecule has 0 fully saturated rings. The van der Waals surface area contributed by atoms with Crippen LogP contribution in [-0.2, 0) is 11.3 Å². The number of esters is 1. The minimum atomic E-state index is -0.669. The topological polar surface area (TPSA) is 98.5 Å². The molecule has 8 heteroatoms. The molecule has 8 nitrogen and oxygen atoms in total. The van der Waals surface area contributed by atoms with Crippen molar-refractivity contribution in [1.82, 2.24) is 9.97 Å². The van der Waals surface area contributed by atoms with E-state index in [1.807, 2.05) is 6.07 Å². The van der Waals surface area contributed by atoms with Crippen LogP contribution < -0.4 is 4.90 Å². The molecule has 0 radical (unpaired) electrons. The van der Waals surface area contributed by atoms with Crippen LogP contribution >= 0.6 is 0 Å². The number of hydrogen-bond donors (Lipinski definition) is 0. The van der Waals surface area contributed by atoms with Crippen molar-refractivity contribution in [2.75, 3.05) is 19.1 Å². The van der Waals surface area contributed by atoms with Crippen molar-refractivity contribution < 1.29 is 14.5 Å². The molecule has 0 bridgehead atoms. The molecule has 0 aromatic carbocycles. The molecule has 0 N–H and O–H groups in total. The lowest BCUT2D eigenvalue weighted by Crippen LogP contribution is -2.19. The Labute approximate surface area is 126 Å². The molecule has 2 aromatic rings. The molecule has 0 aliphatic rings. The Kier molecular flexibility index (Phi) is 4.62. The van der Waals surface area contributed by atoms with Crippen LogP contribution in [0.3, 0.4) is 0 Å². The molecule has 0 aliphatic carbocycles. The van der Waals surface area contributed by atoms with E-state index in [4.69, 9.17) is 0 Å². The van der Waals surface area contributed by atoms with Crippen LogP contribution in [0.25, 0.3) is 0 Å². The van der Waals surface area contributed by atoms with E-state index in [0.717, 1.165) is 11.6 Å². The zero-order chi connectivity index (χ0) is 16.1. The lowest BCUT2D eigenvalue weighted by Gasteiger charge is -2.18. The highest BCUT2D eigenvalue weighted by molar-refractivity contribution is 5.90. The number of hydrogen-bond acceptors (Lipinski definition) is 7. The number of pyridine rings is 2. The first-order valence-electron chi connectivity index (χ1n) is 6.35. The molecular weight excluding hydrogens is 288 g/mol. The third kappa shape index (κ3) is 3.35. The van der Waals surface area contributed by atoms with Crippen molar-refractivity contribution in [2.45, 2.75) is 6.54 Å². The Hall–Kier alpha value is -3.03. The van der Waals surface area contributed by atoms with E-state index in [-0.39, 0.29) is 17.1 Å². The van der Waals surface area contributed by atoms with Crippen molar-refractivity contribution in [3.63, 3.8) is 0 Å². The largest absolute Gasteiger partial charge is 0.465 e. The lowest BCUT2D eigenvalue weighted by molar-refractivity contribution is -0.384. The van der Waals surface area contributed by atoms with Crippen molar-refractivity contribution in [2.24, 2.45) is 0 Å². The SMILES string of the molecule is COC(=O)c1cnc(N(C)Cc2cccnc2)c([N+](=O)[O-])c1. The second-order valence-corrected chi connectivity index (χ2v) is 4.53. The van der Waals surface area contributed by atoms with Gasteiger partial charge >= 0.3 is 11.7 Å². The number of anilines is 1. The summed E-state index contributed by atoms with van der Waals surface area (Å²) in [5.74, 6) is -0.501. The number of aromatic nitrogens is 2. The molecule has 0 spiro atoms. The summed E-state index contributed by atoms with van der Waals surface area (Å²) in [5, 5.41) is 11.2. The highest BCUT2D eigenvalue weighted by Gasteiger charge is 2.22. The number of rotatable bonds is 5. The fourth-order valence-corrected chi connectivity index (χ4v) is 1.94. The van der Waals surface area contributed by atoms with Gasteiger partial charge in [0.15, 0.2) is 0 Å². The van der Waals surface area contributed by atoms with Gasteiger partial charge in [-0.05, 0) is 11.6 Å². The zero-order valence-electron chi connectivity index (χ0n) is 12.1. The van der Waals surface area contributed by atoms with E-state index < -0.39 is 10.9 Å². The highest BCUT2D eigenvalue weighted by atomic mass is 16.6. The maximum atomic E-state index is 11.5. The number of nitro groups is 1. The van der Waals surface area contributed by atoms with Gasteiger partial charge in [-0.15, -0.1) is 0 Å². The summed E-state index contributed by atoms with van der Waals surface area (Å²) >= 11 is 0. The third-order valence-electron chi connectivity index (χ3n) is 2.97. The van der Waals surface area contributed by atoms with Gasteiger partial charge in [-0.2, -0.15) is 0 Å². The minimum absolute atomic E-state index is 0.0349. The Morgan fingerprint density at radius 1 is 1.45 bits per heavy atom. The van der Waals surface area contributed by atoms with Crippen LogP contribution in [0.5, 0.6) is 0 Å². The van der Waals surface area contributed by atoms with Gasteiger partial charge in [0.25, 0.3) is 0 Å². The molecule has 2 rings (SSSR count). The molecule has 114 valence electrons. The highest BCUT2D eigenvalue weighted by Crippen LogP contribution is 2.27. The molecule has 0 saturated heterocycles. The average Bonchev–Trinajstić information content (AvgIpc) is 2.54. The molecule has 0 saturated carbocycles. The van der Waals surface area contributed by atoms with Crippen LogP contribution in [0.15, 0.2) is 36.8 Å². The first-order valence-corrected chi connectivity index (χ1v) is 6.35. The van der Waals surface area contributed by atoms with E-state index in [1.165, 1.54) is 13.3 Å². The Balaban J connectivity index is 2.33. The van der Waals surface area contributed by atoms with Crippen LogP contribution in [0.2, 0.25) is 0 Å². The number of carbonyl (C=O) groups is 1. The number of nitrogens with zero attached hydrogens (tertiary/aromatic N) is 4. The van der Waals surface area contributed by atoms with E-state index in [1.54, 1.807) is 30.4 Å². The summed E-state index contributed by atoms with van der Waals surface area (Å²) in [7, 11) is 2.89. The molecule has 22 heavy (non-hydrogen) atoms. The summed E-state index contributed by atoms with van der Waals surface area (Å²) in [4.78, 5) is 31.7. The van der Waals surface area contributed by atoms with E-state index in [9.17, 15) is 14.9 Å². The summed E-state index contributed by atoms with van der Waals surface area (Å²) in [5.41, 5.74) is 0.667. The Morgan fingerprint density at radius 2 is 2.23 bits per heavy atom. The quantitative estimate of drug-likeness (QED) is 0.472. The average molecular weight is 302 g/mol. The van der Waals surface area contributed by atoms with E-state index in [0.29, 0.717) is 6.54 Å². The van der Waals surface area contributed by atoms with Crippen molar-refractivity contribution in [3.05, 3.63) is 58.0 Å². The van der Waals surface area contributed by atoms with Gasteiger partial charge in [0, 0.05) is 38.2 Å². The van der Waals surface area contributed by atoms with Gasteiger partial charge < -0.3 is 9.64 Å². The molecular formula is C14H14N4O4. The number of methoxy groups -OCH3 is 1. The summed E-state index contributed by atoms with van der Waals surface area (Å²) in [6.07, 6.45) is 4.58. The first kappa shape index (κ1) is 15.4. The fourth-order valence-electron chi connectivity index (χ4n) is 1.94.